The van der Waals surface area contributed by atoms with Crippen LogP contribution in [0, 0.1) is 22.7 Å². The zero-order valence-electron chi connectivity index (χ0n) is 11.8. The standard InChI is InChI=1S/C20H12N2/c21-13-15-10-16(14-22)12-18(11-15)20-9-5-4-8-19(20)17-6-2-1-3-7-17/h1-12H. The van der Waals surface area contributed by atoms with Gasteiger partial charge in [0.15, 0.2) is 0 Å². The first-order valence-electron chi connectivity index (χ1n) is 6.92. The van der Waals surface area contributed by atoms with E-state index in [0.29, 0.717) is 11.1 Å². The van der Waals surface area contributed by atoms with E-state index in [1.54, 1.807) is 6.07 Å². The third-order valence-electron chi connectivity index (χ3n) is 3.51. The van der Waals surface area contributed by atoms with E-state index in [-0.39, 0.29) is 0 Å². The Morgan fingerprint density at radius 3 is 1.59 bits per heavy atom. The fourth-order valence-corrected chi connectivity index (χ4v) is 2.52. The third kappa shape index (κ3) is 2.59. The van der Waals surface area contributed by atoms with Crippen LogP contribution in [0.5, 0.6) is 0 Å². The van der Waals surface area contributed by atoms with Gasteiger partial charge in [0.2, 0.25) is 0 Å². The lowest BCUT2D eigenvalue weighted by molar-refractivity contribution is 1.44. The predicted molar refractivity (Wildman–Crippen MR) is 86.7 cm³/mol. The Hall–Kier alpha value is -3.36. The van der Waals surface area contributed by atoms with Crippen molar-refractivity contribution in [2.45, 2.75) is 0 Å². The van der Waals surface area contributed by atoms with Gasteiger partial charge in [0.1, 0.15) is 0 Å². The first-order valence-corrected chi connectivity index (χ1v) is 6.92. The van der Waals surface area contributed by atoms with Crippen molar-refractivity contribution in [2.24, 2.45) is 0 Å². The number of rotatable bonds is 2. The summed E-state index contributed by atoms with van der Waals surface area (Å²) >= 11 is 0. The van der Waals surface area contributed by atoms with Gasteiger partial charge in [-0.2, -0.15) is 10.5 Å². The second-order valence-electron chi connectivity index (χ2n) is 4.93. The van der Waals surface area contributed by atoms with Gasteiger partial charge in [-0.25, -0.2) is 0 Å². The van der Waals surface area contributed by atoms with Crippen molar-refractivity contribution in [3.63, 3.8) is 0 Å². The maximum absolute atomic E-state index is 9.16. The third-order valence-corrected chi connectivity index (χ3v) is 3.51. The Labute approximate surface area is 129 Å². The molecule has 0 aliphatic carbocycles. The highest BCUT2D eigenvalue weighted by atomic mass is 14.3. The molecule has 3 aromatic carbocycles. The van der Waals surface area contributed by atoms with E-state index < -0.39 is 0 Å². The second-order valence-corrected chi connectivity index (χ2v) is 4.93. The molecule has 0 spiro atoms. The summed E-state index contributed by atoms with van der Waals surface area (Å²) in [5.41, 5.74) is 5.09. The first kappa shape index (κ1) is 13.6. The smallest absolute Gasteiger partial charge is 0.0992 e. The minimum atomic E-state index is 0.497. The number of nitrogens with zero attached hydrogens (tertiary/aromatic N) is 2. The SMILES string of the molecule is N#Cc1cc(C#N)cc(-c2ccccc2-c2ccccc2)c1. The van der Waals surface area contributed by atoms with E-state index in [1.807, 2.05) is 48.5 Å². The molecule has 0 aliphatic rings. The molecule has 0 amide bonds. The van der Waals surface area contributed by atoms with Crippen LogP contribution in [-0.2, 0) is 0 Å². The summed E-state index contributed by atoms with van der Waals surface area (Å²) in [6.07, 6.45) is 0. The number of nitriles is 2. The molecule has 0 atom stereocenters. The Morgan fingerprint density at radius 1 is 0.545 bits per heavy atom. The monoisotopic (exact) mass is 280 g/mol. The van der Waals surface area contributed by atoms with E-state index in [2.05, 4.69) is 30.3 Å². The maximum atomic E-state index is 9.16. The molecule has 0 fully saturated rings. The summed E-state index contributed by atoms with van der Waals surface area (Å²) < 4.78 is 0. The fourth-order valence-electron chi connectivity index (χ4n) is 2.52. The van der Waals surface area contributed by atoms with Crippen LogP contribution in [-0.4, -0.2) is 0 Å². The minimum Gasteiger partial charge on any atom is -0.192 e. The van der Waals surface area contributed by atoms with Gasteiger partial charge in [-0.15, -0.1) is 0 Å². The molecule has 0 aliphatic heterocycles. The quantitative estimate of drug-likeness (QED) is 0.679. The van der Waals surface area contributed by atoms with Gasteiger partial charge in [-0.3, -0.25) is 0 Å². The van der Waals surface area contributed by atoms with Crippen LogP contribution >= 0.6 is 0 Å². The number of benzene rings is 3. The average Bonchev–Trinajstić information content (AvgIpc) is 2.62. The van der Waals surface area contributed by atoms with Crippen LogP contribution in [0.2, 0.25) is 0 Å². The van der Waals surface area contributed by atoms with Gasteiger partial charge >= 0.3 is 0 Å². The van der Waals surface area contributed by atoms with Crippen molar-refractivity contribution in [2.75, 3.05) is 0 Å². The van der Waals surface area contributed by atoms with Gasteiger partial charge in [0.05, 0.1) is 23.3 Å². The van der Waals surface area contributed by atoms with Crippen LogP contribution in [0.4, 0.5) is 0 Å². The van der Waals surface area contributed by atoms with E-state index in [1.165, 1.54) is 0 Å². The van der Waals surface area contributed by atoms with E-state index >= 15 is 0 Å². The molecular formula is C20H12N2. The molecule has 0 saturated heterocycles. The number of hydrogen-bond acceptors (Lipinski definition) is 2. The molecule has 0 bridgehead atoms. The minimum absolute atomic E-state index is 0.497. The predicted octanol–water partition coefficient (Wildman–Crippen LogP) is 4.76. The maximum Gasteiger partial charge on any atom is 0.0992 e. The highest BCUT2D eigenvalue weighted by Gasteiger charge is 2.09. The molecule has 0 heterocycles. The molecule has 3 aromatic rings. The highest BCUT2D eigenvalue weighted by Crippen LogP contribution is 2.32. The zero-order chi connectivity index (χ0) is 15.4. The second kappa shape index (κ2) is 5.95. The normalized spacial score (nSPS) is 9.73. The van der Waals surface area contributed by atoms with Gasteiger partial charge < -0.3 is 0 Å². The summed E-state index contributed by atoms with van der Waals surface area (Å²) in [6, 6.07) is 27.6. The highest BCUT2D eigenvalue weighted by molar-refractivity contribution is 5.84. The van der Waals surface area contributed by atoms with Crippen LogP contribution in [0.3, 0.4) is 0 Å². The summed E-state index contributed by atoms with van der Waals surface area (Å²) in [6.45, 7) is 0. The molecule has 0 N–H and O–H groups in total. The average molecular weight is 280 g/mol. The molecule has 22 heavy (non-hydrogen) atoms. The molecular weight excluding hydrogens is 268 g/mol. The molecule has 2 heteroatoms. The summed E-state index contributed by atoms with van der Waals surface area (Å²) in [5, 5.41) is 18.3. The molecule has 3 rings (SSSR count). The lowest BCUT2D eigenvalue weighted by atomic mass is 9.93. The summed E-state index contributed by atoms with van der Waals surface area (Å²) in [7, 11) is 0. The van der Waals surface area contributed by atoms with Crippen molar-refractivity contribution in [3.05, 3.63) is 83.9 Å². The van der Waals surface area contributed by atoms with Gasteiger partial charge in [-0.1, -0.05) is 54.6 Å². The van der Waals surface area contributed by atoms with Crippen LogP contribution in [0.1, 0.15) is 11.1 Å². The topological polar surface area (TPSA) is 47.6 Å². The molecule has 2 nitrogen and oxygen atoms in total. The van der Waals surface area contributed by atoms with Crippen molar-refractivity contribution >= 4 is 0 Å². The fraction of sp³-hybridized carbons (Fsp3) is 0. The molecule has 102 valence electrons. The van der Waals surface area contributed by atoms with Crippen molar-refractivity contribution in [3.8, 4) is 34.4 Å². The lowest BCUT2D eigenvalue weighted by Gasteiger charge is -2.10. The van der Waals surface area contributed by atoms with Gasteiger partial charge in [-0.05, 0) is 40.5 Å². The Morgan fingerprint density at radius 2 is 1.05 bits per heavy atom. The van der Waals surface area contributed by atoms with E-state index in [9.17, 15) is 0 Å². The Balaban J connectivity index is 2.23. The van der Waals surface area contributed by atoms with E-state index in [4.69, 9.17) is 10.5 Å². The van der Waals surface area contributed by atoms with Crippen LogP contribution in [0.15, 0.2) is 72.8 Å². The van der Waals surface area contributed by atoms with Crippen molar-refractivity contribution in [1.82, 2.24) is 0 Å². The van der Waals surface area contributed by atoms with E-state index in [0.717, 1.165) is 22.3 Å². The van der Waals surface area contributed by atoms with Crippen LogP contribution < -0.4 is 0 Å². The largest absolute Gasteiger partial charge is 0.192 e. The Kier molecular flexibility index (Phi) is 3.69. The van der Waals surface area contributed by atoms with Gasteiger partial charge in [0, 0.05) is 0 Å². The molecule has 0 radical (unpaired) electrons. The van der Waals surface area contributed by atoms with Crippen LogP contribution in [0.25, 0.3) is 22.3 Å². The lowest BCUT2D eigenvalue weighted by Crippen LogP contribution is -1.88. The summed E-state index contributed by atoms with van der Waals surface area (Å²) in [5.74, 6) is 0. The molecule has 0 saturated carbocycles. The first-order chi connectivity index (χ1) is 10.8. The molecule has 0 aromatic heterocycles. The zero-order valence-corrected chi connectivity index (χ0v) is 11.8. The molecule has 0 unspecified atom stereocenters. The van der Waals surface area contributed by atoms with Gasteiger partial charge in [0.25, 0.3) is 0 Å². The van der Waals surface area contributed by atoms with Crippen molar-refractivity contribution in [1.29, 1.82) is 10.5 Å². The summed E-state index contributed by atoms with van der Waals surface area (Å²) in [4.78, 5) is 0. The Bertz CT molecular complexity index is 865. The number of hydrogen-bond donors (Lipinski definition) is 0. The van der Waals surface area contributed by atoms with Crippen molar-refractivity contribution < 1.29 is 0 Å².